The molecule has 1 unspecified atom stereocenters. The Balaban J connectivity index is 1.96. The first-order chi connectivity index (χ1) is 8.88. The van der Waals surface area contributed by atoms with E-state index in [0.717, 1.165) is 24.3 Å². The standard InChI is InChI=1S/C18H28O/c1-13-5-7-14(8-6-13)17(19)15-9-11-16(12-10-15)18(2,3)4/h5-8,15-17,19H,9-12H2,1-4H3. The summed E-state index contributed by atoms with van der Waals surface area (Å²) in [4.78, 5) is 0. The molecule has 1 aliphatic carbocycles. The second-order valence-electron chi connectivity index (χ2n) is 7.33. The fraction of sp³-hybridized carbons (Fsp3) is 0.667. The normalized spacial score (nSPS) is 26.2. The smallest absolute Gasteiger partial charge is 0.0818 e. The molecule has 0 spiro atoms. The Morgan fingerprint density at radius 3 is 2.00 bits per heavy atom. The molecule has 0 aromatic heterocycles. The van der Waals surface area contributed by atoms with Gasteiger partial charge in [-0.3, -0.25) is 0 Å². The summed E-state index contributed by atoms with van der Waals surface area (Å²) in [6.07, 6.45) is 4.57. The highest BCUT2D eigenvalue weighted by atomic mass is 16.3. The van der Waals surface area contributed by atoms with Crippen molar-refractivity contribution < 1.29 is 5.11 Å². The van der Waals surface area contributed by atoms with Crippen LogP contribution in [0.2, 0.25) is 0 Å². The SMILES string of the molecule is Cc1ccc(C(O)C2CCC(C(C)(C)C)CC2)cc1. The molecule has 1 aromatic carbocycles. The van der Waals surface area contributed by atoms with Crippen molar-refractivity contribution in [1.82, 2.24) is 0 Å². The molecule has 0 heterocycles. The number of rotatable bonds is 2. The van der Waals surface area contributed by atoms with E-state index in [-0.39, 0.29) is 6.10 Å². The molecule has 106 valence electrons. The molecule has 1 aliphatic rings. The van der Waals surface area contributed by atoms with Gasteiger partial charge in [0.1, 0.15) is 0 Å². The van der Waals surface area contributed by atoms with Gasteiger partial charge in [0.2, 0.25) is 0 Å². The Morgan fingerprint density at radius 2 is 1.53 bits per heavy atom. The van der Waals surface area contributed by atoms with Gasteiger partial charge >= 0.3 is 0 Å². The molecule has 0 aliphatic heterocycles. The molecule has 0 bridgehead atoms. The van der Waals surface area contributed by atoms with Crippen molar-refractivity contribution in [3.8, 4) is 0 Å². The first-order valence-electron chi connectivity index (χ1n) is 7.62. The van der Waals surface area contributed by atoms with Gasteiger partial charge in [0.25, 0.3) is 0 Å². The third-order valence-corrected chi connectivity index (χ3v) is 4.86. The average molecular weight is 260 g/mol. The van der Waals surface area contributed by atoms with Gasteiger partial charge in [-0.05, 0) is 55.4 Å². The Bertz CT molecular complexity index is 391. The third-order valence-electron chi connectivity index (χ3n) is 4.86. The number of hydrogen-bond donors (Lipinski definition) is 1. The minimum atomic E-state index is -0.276. The lowest BCUT2D eigenvalue weighted by Gasteiger charge is -2.38. The molecule has 0 amide bonds. The van der Waals surface area contributed by atoms with Gasteiger partial charge in [-0.2, -0.15) is 0 Å². The highest BCUT2D eigenvalue weighted by Gasteiger charge is 2.32. The molecule has 1 aromatic rings. The van der Waals surface area contributed by atoms with Crippen LogP contribution in [0.3, 0.4) is 0 Å². The first-order valence-corrected chi connectivity index (χ1v) is 7.62. The largest absolute Gasteiger partial charge is 0.388 e. The van der Waals surface area contributed by atoms with Crippen LogP contribution in [0.15, 0.2) is 24.3 Å². The molecular weight excluding hydrogens is 232 g/mol. The topological polar surface area (TPSA) is 20.2 Å². The van der Waals surface area contributed by atoms with Gasteiger partial charge in [-0.15, -0.1) is 0 Å². The fourth-order valence-electron chi connectivity index (χ4n) is 3.34. The van der Waals surface area contributed by atoms with E-state index in [9.17, 15) is 5.11 Å². The minimum Gasteiger partial charge on any atom is -0.388 e. The fourth-order valence-corrected chi connectivity index (χ4v) is 3.34. The molecule has 19 heavy (non-hydrogen) atoms. The number of aliphatic hydroxyl groups excluding tert-OH is 1. The van der Waals surface area contributed by atoms with Crippen molar-refractivity contribution in [3.63, 3.8) is 0 Å². The summed E-state index contributed by atoms with van der Waals surface area (Å²) in [5.41, 5.74) is 2.76. The van der Waals surface area contributed by atoms with E-state index in [2.05, 4.69) is 52.0 Å². The quantitative estimate of drug-likeness (QED) is 0.803. The Kier molecular flexibility index (Phi) is 4.35. The molecule has 1 heteroatoms. The second kappa shape index (κ2) is 5.66. The Hall–Kier alpha value is -0.820. The van der Waals surface area contributed by atoms with Crippen molar-refractivity contribution in [2.24, 2.45) is 17.3 Å². The molecule has 1 nitrogen and oxygen atoms in total. The van der Waals surface area contributed by atoms with Gasteiger partial charge in [0.15, 0.2) is 0 Å². The van der Waals surface area contributed by atoms with E-state index in [1.165, 1.54) is 18.4 Å². The monoisotopic (exact) mass is 260 g/mol. The third kappa shape index (κ3) is 3.60. The summed E-state index contributed by atoms with van der Waals surface area (Å²) in [7, 11) is 0. The van der Waals surface area contributed by atoms with Crippen LogP contribution in [0.5, 0.6) is 0 Å². The summed E-state index contributed by atoms with van der Waals surface area (Å²) < 4.78 is 0. The minimum absolute atomic E-state index is 0.276. The van der Waals surface area contributed by atoms with Gasteiger partial charge in [0.05, 0.1) is 6.10 Å². The molecule has 1 atom stereocenters. The zero-order chi connectivity index (χ0) is 14.0. The van der Waals surface area contributed by atoms with Gasteiger partial charge in [-0.1, -0.05) is 50.6 Å². The van der Waals surface area contributed by atoms with Crippen molar-refractivity contribution in [2.45, 2.75) is 59.5 Å². The molecule has 1 fully saturated rings. The van der Waals surface area contributed by atoms with Gasteiger partial charge < -0.3 is 5.11 Å². The lowest BCUT2D eigenvalue weighted by molar-refractivity contribution is 0.0528. The maximum Gasteiger partial charge on any atom is 0.0818 e. The highest BCUT2D eigenvalue weighted by Crippen LogP contribution is 2.43. The summed E-state index contributed by atoms with van der Waals surface area (Å²) in [6.45, 7) is 9.11. The molecule has 1 saturated carbocycles. The summed E-state index contributed by atoms with van der Waals surface area (Å²) >= 11 is 0. The second-order valence-corrected chi connectivity index (χ2v) is 7.33. The Morgan fingerprint density at radius 1 is 1.00 bits per heavy atom. The van der Waals surface area contributed by atoms with Crippen LogP contribution in [-0.4, -0.2) is 5.11 Å². The van der Waals surface area contributed by atoms with Crippen molar-refractivity contribution in [1.29, 1.82) is 0 Å². The summed E-state index contributed by atoms with van der Waals surface area (Å²) in [5, 5.41) is 10.5. The van der Waals surface area contributed by atoms with Gasteiger partial charge in [-0.25, -0.2) is 0 Å². The summed E-state index contributed by atoms with van der Waals surface area (Å²) in [6, 6.07) is 8.35. The van der Waals surface area contributed by atoms with Crippen LogP contribution in [0.25, 0.3) is 0 Å². The van der Waals surface area contributed by atoms with Crippen molar-refractivity contribution in [2.75, 3.05) is 0 Å². The average Bonchev–Trinajstić information content (AvgIpc) is 2.38. The zero-order valence-electron chi connectivity index (χ0n) is 12.8. The molecule has 0 radical (unpaired) electrons. The van der Waals surface area contributed by atoms with E-state index in [0.29, 0.717) is 11.3 Å². The number of hydrogen-bond acceptors (Lipinski definition) is 1. The predicted molar refractivity (Wildman–Crippen MR) is 81.0 cm³/mol. The Labute approximate surface area is 118 Å². The zero-order valence-corrected chi connectivity index (χ0v) is 12.8. The van der Waals surface area contributed by atoms with Crippen LogP contribution in [0.1, 0.15) is 63.7 Å². The maximum atomic E-state index is 10.5. The highest BCUT2D eigenvalue weighted by molar-refractivity contribution is 5.23. The van der Waals surface area contributed by atoms with Crippen LogP contribution in [-0.2, 0) is 0 Å². The first kappa shape index (κ1) is 14.6. The molecule has 1 N–H and O–H groups in total. The number of aryl methyl sites for hydroxylation is 1. The predicted octanol–water partition coefficient (Wildman–Crippen LogP) is 4.88. The summed E-state index contributed by atoms with van der Waals surface area (Å²) in [5.74, 6) is 1.26. The number of aliphatic hydroxyl groups is 1. The molecule has 2 rings (SSSR count). The van der Waals surface area contributed by atoms with E-state index >= 15 is 0 Å². The van der Waals surface area contributed by atoms with E-state index in [1.807, 2.05) is 0 Å². The maximum absolute atomic E-state index is 10.5. The molecule has 0 saturated heterocycles. The van der Waals surface area contributed by atoms with Crippen LogP contribution in [0, 0.1) is 24.2 Å². The van der Waals surface area contributed by atoms with E-state index < -0.39 is 0 Å². The van der Waals surface area contributed by atoms with Crippen LogP contribution >= 0.6 is 0 Å². The van der Waals surface area contributed by atoms with E-state index in [4.69, 9.17) is 0 Å². The lowest BCUT2D eigenvalue weighted by atomic mass is 9.68. The van der Waals surface area contributed by atoms with E-state index in [1.54, 1.807) is 0 Å². The van der Waals surface area contributed by atoms with Crippen LogP contribution in [0.4, 0.5) is 0 Å². The number of benzene rings is 1. The van der Waals surface area contributed by atoms with Crippen LogP contribution < -0.4 is 0 Å². The molecular formula is C18H28O. The lowest BCUT2D eigenvalue weighted by Crippen LogP contribution is -2.28. The van der Waals surface area contributed by atoms with Crippen molar-refractivity contribution in [3.05, 3.63) is 35.4 Å². The van der Waals surface area contributed by atoms with Crippen molar-refractivity contribution >= 4 is 0 Å². The van der Waals surface area contributed by atoms with Gasteiger partial charge in [0, 0.05) is 0 Å².